The van der Waals surface area contributed by atoms with Crippen LogP contribution in [0.5, 0.6) is 5.75 Å². The molecule has 0 aliphatic heterocycles. The number of allylic oxidation sites excluding steroid dienone is 3. The van der Waals surface area contributed by atoms with Crippen molar-refractivity contribution in [3.8, 4) is 5.75 Å². The first-order chi connectivity index (χ1) is 11.1. The summed E-state index contributed by atoms with van der Waals surface area (Å²) in [6.07, 6.45) is 3.08. The molecule has 0 fully saturated rings. The summed E-state index contributed by atoms with van der Waals surface area (Å²) in [6, 6.07) is 13.1. The van der Waals surface area contributed by atoms with Gasteiger partial charge in [0.1, 0.15) is 11.6 Å². The van der Waals surface area contributed by atoms with Crippen LogP contribution >= 0.6 is 0 Å². The quantitative estimate of drug-likeness (QED) is 0.677. The van der Waals surface area contributed by atoms with Crippen LogP contribution in [-0.4, -0.2) is 6.61 Å². The number of ether oxygens (including phenoxy) is 1. The van der Waals surface area contributed by atoms with Gasteiger partial charge in [-0.1, -0.05) is 25.1 Å². The molecular weight excluding hydrogens is 287 g/mol. The summed E-state index contributed by atoms with van der Waals surface area (Å²) in [7, 11) is 0. The number of benzene rings is 2. The molecule has 1 nitrogen and oxygen atoms in total. The van der Waals surface area contributed by atoms with E-state index < -0.39 is 0 Å². The zero-order valence-corrected chi connectivity index (χ0v) is 13.8. The fraction of sp³-hybridized carbons (Fsp3) is 0.238. The van der Waals surface area contributed by atoms with E-state index >= 15 is 0 Å². The van der Waals surface area contributed by atoms with E-state index in [4.69, 9.17) is 4.74 Å². The summed E-state index contributed by atoms with van der Waals surface area (Å²) in [6.45, 7) is 6.89. The fourth-order valence-corrected chi connectivity index (χ4v) is 3.20. The Kier molecular flexibility index (Phi) is 4.33. The predicted molar refractivity (Wildman–Crippen MR) is 94.8 cm³/mol. The van der Waals surface area contributed by atoms with Gasteiger partial charge in [-0.2, -0.15) is 0 Å². The topological polar surface area (TPSA) is 9.23 Å². The molecular formula is C21H21FO. The van der Waals surface area contributed by atoms with Crippen LogP contribution in [0.3, 0.4) is 0 Å². The summed E-state index contributed by atoms with van der Waals surface area (Å²) in [5.74, 6) is 0.704. The van der Waals surface area contributed by atoms with Crippen molar-refractivity contribution in [1.82, 2.24) is 0 Å². The molecule has 0 unspecified atom stereocenters. The van der Waals surface area contributed by atoms with Crippen molar-refractivity contribution < 1.29 is 9.13 Å². The monoisotopic (exact) mass is 308 g/mol. The minimum atomic E-state index is -0.176. The van der Waals surface area contributed by atoms with E-state index in [-0.39, 0.29) is 5.82 Å². The van der Waals surface area contributed by atoms with E-state index in [0.717, 1.165) is 28.9 Å². The first kappa shape index (κ1) is 15.5. The van der Waals surface area contributed by atoms with E-state index in [1.54, 1.807) is 6.07 Å². The SMILES string of the molecule is CCOc1ccc(/C=C2/C(C)=C(CC)c3cc(F)ccc32)cc1. The summed E-state index contributed by atoms with van der Waals surface area (Å²) < 4.78 is 19.1. The number of halogens is 1. The van der Waals surface area contributed by atoms with Gasteiger partial charge in [-0.25, -0.2) is 4.39 Å². The van der Waals surface area contributed by atoms with E-state index in [2.05, 4.69) is 32.1 Å². The lowest BCUT2D eigenvalue weighted by molar-refractivity contribution is 0.340. The Hall–Kier alpha value is -2.35. The normalized spacial score (nSPS) is 15.2. The van der Waals surface area contributed by atoms with Crippen LogP contribution in [-0.2, 0) is 0 Å². The lowest BCUT2D eigenvalue weighted by Gasteiger charge is -2.06. The zero-order valence-electron chi connectivity index (χ0n) is 13.8. The first-order valence-corrected chi connectivity index (χ1v) is 8.09. The van der Waals surface area contributed by atoms with Gasteiger partial charge >= 0.3 is 0 Å². The van der Waals surface area contributed by atoms with Crippen molar-refractivity contribution in [3.05, 3.63) is 70.5 Å². The Balaban J connectivity index is 2.04. The highest BCUT2D eigenvalue weighted by molar-refractivity contribution is 6.05. The smallest absolute Gasteiger partial charge is 0.123 e. The van der Waals surface area contributed by atoms with E-state index in [0.29, 0.717) is 6.61 Å². The van der Waals surface area contributed by atoms with Gasteiger partial charge in [0.25, 0.3) is 0 Å². The van der Waals surface area contributed by atoms with Crippen molar-refractivity contribution in [3.63, 3.8) is 0 Å². The number of hydrogen-bond donors (Lipinski definition) is 0. The number of hydrogen-bond acceptors (Lipinski definition) is 1. The summed E-state index contributed by atoms with van der Waals surface area (Å²) in [5.41, 5.74) is 6.92. The standard InChI is InChI=1S/C21H21FO/c1-4-18-14(3)20(19-11-8-16(22)13-21(18)19)12-15-6-9-17(10-7-15)23-5-2/h6-13H,4-5H2,1-3H3/b20-12-. The molecule has 1 aliphatic carbocycles. The van der Waals surface area contributed by atoms with Gasteiger partial charge in [0.2, 0.25) is 0 Å². The molecule has 3 rings (SSSR count). The fourth-order valence-electron chi connectivity index (χ4n) is 3.20. The molecule has 0 spiro atoms. The molecule has 2 aromatic carbocycles. The Morgan fingerprint density at radius 1 is 1.00 bits per heavy atom. The lowest BCUT2D eigenvalue weighted by Crippen LogP contribution is -1.90. The van der Waals surface area contributed by atoms with Crippen molar-refractivity contribution in [2.45, 2.75) is 27.2 Å². The minimum absolute atomic E-state index is 0.176. The van der Waals surface area contributed by atoms with Crippen LogP contribution in [0.15, 0.2) is 48.0 Å². The van der Waals surface area contributed by atoms with Gasteiger partial charge in [0.15, 0.2) is 0 Å². The van der Waals surface area contributed by atoms with Crippen LogP contribution in [0, 0.1) is 5.82 Å². The third kappa shape index (κ3) is 2.94. The van der Waals surface area contributed by atoms with Crippen LogP contribution < -0.4 is 4.74 Å². The van der Waals surface area contributed by atoms with Gasteiger partial charge in [0.05, 0.1) is 6.61 Å². The molecule has 0 aromatic heterocycles. The highest BCUT2D eigenvalue weighted by Gasteiger charge is 2.22. The second-order valence-corrected chi connectivity index (χ2v) is 5.71. The second-order valence-electron chi connectivity index (χ2n) is 5.71. The van der Waals surface area contributed by atoms with Gasteiger partial charge in [-0.3, -0.25) is 0 Å². The van der Waals surface area contributed by atoms with Crippen LogP contribution in [0.4, 0.5) is 4.39 Å². The van der Waals surface area contributed by atoms with E-state index in [9.17, 15) is 4.39 Å². The molecule has 1 aliphatic rings. The molecule has 0 N–H and O–H groups in total. The molecule has 0 saturated heterocycles. The summed E-state index contributed by atoms with van der Waals surface area (Å²) >= 11 is 0. The first-order valence-electron chi connectivity index (χ1n) is 8.09. The highest BCUT2D eigenvalue weighted by Crippen LogP contribution is 2.43. The van der Waals surface area contributed by atoms with Gasteiger partial charge in [0, 0.05) is 0 Å². The minimum Gasteiger partial charge on any atom is -0.494 e. The van der Waals surface area contributed by atoms with Gasteiger partial charge < -0.3 is 4.74 Å². The maximum atomic E-state index is 13.6. The van der Waals surface area contributed by atoms with Gasteiger partial charge in [-0.15, -0.1) is 0 Å². The molecule has 2 aromatic rings. The maximum absolute atomic E-state index is 13.6. The van der Waals surface area contributed by atoms with Crippen LogP contribution in [0.2, 0.25) is 0 Å². The van der Waals surface area contributed by atoms with Crippen molar-refractivity contribution >= 4 is 17.2 Å². The predicted octanol–water partition coefficient (Wildman–Crippen LogP) is 5.96. The molecule has 0 saturated carbocycles. The Labute approximate surface area is 137 Å². The average Bonchev–Trinajstić information content (AvgIpc) is 2.80. The van der Waals surface area contributed by atoms with Crippen LogP contribution in [0.1, 0.15) is 43.9 Å². The molecule has 0 radical (unpaired) electrons. The van der Waals surface area contributed by atoms with E-state index in [1.807, 2.05) is 25.1 Å². The summed E-state index contributed by atoms with van der Waals surface area (Å²) in [4.78, 5) is 0. The molecule has 118 valence electrons. The van der Waals surface area contributed by atoms with Crippen LogP contribution in [0.25, 0.3) is 17.2 Å². The van der Waals surface area contributed by atoms with Crippen molar-refractivity contribution in [1.29, 1.82) is 0 Å². The third-order valence-corrected chi connectivity index (χ3v) is 4.31. The molecule has 0 bridgehead atoms. The highest BCUT2D eigenvalue weighted by atomic mass is 19.1. The largest absolute Gasteiger partial charge is 0.494 e. The second kappa shape index (κ2) is 6.41. The number of rotatable bonds is 4. The maximum Gasteiger partial charge on any atom is 0.123 e. The van der Waals surface area contributed by atoms with Gasteiger partial charge in [-0.05, 0) is 84.0 Å². The molecule has 0 heterocycles. The Morgan fingerprint density at radius 3 is 2.39 bits per heavy atom. The Morgan fingerprint density at radius 2 is 1.74 bits per heavy atom. The third-order valence-electron chi connectivity index (χ3n) is 4.31. The zero-order chi connectivity index (χ0) is 16.4. The lowest BCUT2D eigenvalue weighted by atomic mass is 10.0. The van der Waals surface area contributed by atoms with Crippen molar-refractivity contribution in [2.24, 2.45) is 0 Å². The Bertz CT molecular complexity index is 782. The van der Waals surface area contributed by atoms with E-state index in [1.165, 1.54) is 22.8 Å². The number of fused-ring (bicyclic) bond motifs is 1. The van der Waals surface area contributed by atoms with Crippen molar-refractivity contribution in [2.75, 3.05) is 6.61 Å². The summed E-state index contributed by atoms with van der Waals surface area (Å²) in [5, 5.41) is 0. The molecule has 2 heteroatoms. The molecule has 0 amide bonds. The molecule has 0 atom stereocenters. The molecule has 23 heavy (non-hydrogen) atoms. The average molecular weight is 308 g/mol.